The van der Waals surface area contributed by atoms with Crippen molar-refractivity contribution in [3.63, 3.8) is 0 Å². The third-order valence-corrected chi connectivity index (χ3v) is 10.1. The van der Waals surface area contributed by atoms with Crippen LogP contribution in [0.2, 0.25) is 0 Å². The van der Waals surface area contributed by atoms with Crippen LogP contribution >= 0.6 is 0 Å². The normalized spacial score (nSPS) is 12.0. The van der Waals surface area contributed by atoms with E-state index in [1.165, 1.54) is 101 Å². The van der Waals surface area contributed by atoms with Gasteiger partial charge in [-0.15, -0.1) is 0 Å². The topological polar surface area (TPSA) is 164 Å². The minimum Gasteiger partial charge on any atom is -0.464 e. The Balaban J connectivity index is 1.36. The summed E-state index contributed by atoms with van der Waals surface area (Å²) in [7, 11) is 0. The highest BCUT2D eigenvalue weighted by atomic mass is 16.6. The first-order chi connectivity index (χ1) is 28.4. The van der Waals surface area contributed by atoms with Crippen molar-refractivity contribution >= 4 is 24.1 Å². The average Bonchev–Trinajstić information content (AvgIpc) is 3.71. The number of nitrogens with two attached hydrogens (primary N) is 1. The maximum absolute atomic E-state index is 13.2. The van der Waals surface area contributed by atoms with E-state index < -0.39 is 36.1 Å². The van der Waals surface area contributed by atoms with Crippen LogP contribution in [0, 0.1) is 0 Å². The lowest BCUT2D eigenvalue weighted by Crippen LogP contribution is -2.49. The van der Waals surface area contributed by atoms with Crippen LogP contribution in [0.4, 0.5) is 9.59 Å². The standard InChI is InChI=1S/C46H69N5O7/c1-2-3-4-5-6-7-8-9-10-11-12-13-14-15-16-25-32-56-44(53)42(30-23-24-31-48-45(54)57-35-38-26-19-17-20-27-38)50-43(52)41(47)33-40-34-51(37-49-40)46(55)58-36-39-28-21-18-22-29-39/h17-22,26-29,34,37,41-42H,2-16,23-25,30-33,35-36,47H2,1H3,(H,48,54)(H,50,52)/t41-,42-/m0/s1. The van der Waals surface area contributed by atoms with Crippen molar-refractivity contribution in [1.29, 1.82) is 0 Å². The van der Waals surface area contributed by atoms with Crippen LogP contribution < -0.4 is 16.4 Å². The first-order valence-corrected chi connectivity index (χ1v) is 21.8. The number of unbranched alkanes of at least 4 members (excludes halogenated alkanes) is 16. The van der Waals surface area contributed by atoms with E-state index in [1.807, 2.05) is 60.7 Å². The zero-order valence-corrected chi connectivity index (χ0v) is 34.9. The summed E-state index contributed by atoms with van der Waals surface area (Å²) in [6.45, 7) is 3.17. The largest absolute Gasteiger partial charge is 0.464 e. The van der Waals surface area contributed by atoms with Gasteiger partial charge in [-0.2, -0.15) is 0 Å². The van der Waals surface area contributed by atoms with Crippen molar-refractivity contribution in [2.45, 2.75) is 161 Å². The summed E-state index contributed by atoms with van der Waals surface area (Å²) in [4.78, 5) is 55.3. The van der Waals surface area contributed by atoms with Crippen molar-refractivity contribution in [2.75, 3.05) is 13.2 Å². The molecule has 0 bridgehead atoms. The molecule has 2 amide bonds. The highest BCUT2D eigenvalue weighted by molar-refractivity contribution is 5.87. The number of aromatic nitrogens is 2. The SMILES string of the molecule is CCCCCCCCCCCCCCCCCCOC(=O)[C@H](CCCCNC(=O)OCc1ccccc1)NC(=O)[C@@H](N)Cc1cn(C(=O)OCc2ccccc2)cn1. The van der Waals surface area contributed by atoms with Crippen molar-refractivity contribution in [1.82, 2.24) is 20.2 Å². The van der Waals surface area contributed by atoms with Gasteiger partial charge in [0.25, 0.3) is 0 Å². The van der Waals surface area contributed by atoms with Crippen molar-refractivity contribution < 1.29 is 33.4 Å². The Morgan fingerprint density at radius 1 is 0.672 bits per heavy atom. The maximum Gasteiger partial charge on any atom is 0.419 e. The molecule has 320 valence electrons. The zero-order valence-electron chi connectivity index (χ0n) is 34.9. The van der Waals surface area contributed by atoms with Crippen molar-refractivity contribution in [3.05, 3.63) is 90.0 Å². The molecule has 58 heavy (non-hydrogen) atoms. The molecule has 0 unspecified atom stereocenters. The van der Waals surface area contributed by atoms with E-state index in [9.17, 15) is 19.2 Å². The smallest absolute Gasteiger partial charge is 0.419 e. The van der Waals surface area contributed by atoms with Gasteiger partial charge in [-0.1, -0.05) is 164 Å². The van der Waals surface area contributed by atoms with Crippen LogP contribution in [-0.2, 0) is 43.4 Å². The predicted molar refractivity (Wildman–Crippen MR) is 227 cm³/mol. The average molecular weight is 804 g/mol. The third kappa shape index (κ3) is 21.7. The number of carbonyl (C=O) groups excluding carboxylic acids is 4. The molecule has 0 radical (unpaired) electrons. The Morgan fingerprint density at radius 3 is 1.78 bits per heavy atom. The lowest BCUT2D eigenvalue weighted by atomic mass is 10.0. The highest BCUT2D eigenvalue weighted by Gasteiger charge is 2.25. The summed E-state index contributed by atoms with van der Waals surface area (Å²) in [5, 5.41) is 5.50. The molecule has 0 fully saturated rings. The summed E-state index contributed by atoms with van der Waals surface area (Å²) < 4.78 is 17.4. The Morgan fingerprint density at radius 2 is 1.21 bits per heavy atom. The number of esters is 1. The van der Waals surface area contributed by atoms with E-state index in [2.05, 4.69) is 22.5 Å². The number of hydrogen-bond acceptors (Lipinski definition) is 9. The van der Waals surface area contributed by atoms with Crippen molar-refractivity contribution in [2.24, 2.45) is 5.73 Å². The molecule has 2 aromatic carbocycles. The first-order valence-electron chi connectivity index (χ1n) is 21.8. The molecule has 3 aromatic rings. The Kier molecular flexibility index (Phi) is 25.0. The number of nitrogens with zero attached hydrogens (tertiary/aromatic N) is 2. The van der Waals surface area contributed by atoms with Gasteiger partial charge in [-0.05, 0) is 36.8 Å². The number of nitrogens with one attached hydrogen (secondary N) is 2. The molecule has 0 spiro atoms. The highest BCUT2D eigenvalue weighted by Crippen LogP contribution is 2.14. The summed E-state index contributed by atoms with van der Waals surface area (Å²) in [5.41, 5.74) is 8.42. The lowest BCUT2D eigenvalue weighted by molar-refractivity contribution is -0.148. The molecule has 0 aliphatic rings. The van der Waals surface area contributed by atoms with E-state index in [0.29, 0.717) is 31.5 Å². The van der Waals surface area contributed by atoms with E-state index >= 15 is 0 Å². The molecule has 12 heteroatoms. The van der Waals surface area contributed by atoms with Crippen molar-refractivity contribution in [3.8, 4) is 0 Å². The van der Waals surface area contributed by atoms with Gasteiger partial charge < -0.3 is 30.6 Å². The number of ether oxygens (including phenoxy) is 3. The van der Waals surface area contributed by atoms with Gasteiger partial charge in [0.05, 0.1) is 18.3 Å². The fourth-order valence-corrected chi connectivity index (χ4v) is 6.57. The van der Waals surface area contributed by atoms with Gasteiger partial charge >= 0.3 is 18.2 Å². The fourth-order valence-electron chi connectivity index (χ4n) is 6.57. The fraction of sp³-hybridized carbons (Fsp3) is 0.587. The molecule has 4 N–H and O–H groups in total. The van der Waals surface area contributed by atoms with Crippen LogP contribution in [0.25, 0.3) is 0 Å². The van der Waals surface area contributed by atoms with Crippen LogP contribution in [0.15, 0.2) is 73.2 Å². The summed E-state index contributed by atoms with van der Waals surface area (Å²) in [6, 6.07) is 16.8. The zero-order chi connectivity index (χ0) is 41.5. The van der Waals surface area contributed by atoms with Gasteiger partial charge in [-0.3, -0.25) is 4.79 Å². The molecule has 1 aromatic heterocycles. The van der Waals surface area contributed by atoms with E-state index in [1.54, 1.807) is 0 Å². The van der Waals surface area contributed by atoms with Crippen LogP contribution in [0.1, 0.15) is 146 Å². The number of alkyl carbamates (subject to hydrolysis) is 1. The second-order valence-corrected chi connectivity index (χ2v) is 15.1. The molecule has 0 aliphatic carbocycles. The number of amides is 2. The van der Waals surface area contributed by atoms with Gasteiger partial charge in [0.1, 0.15) is 25.6 Å². The first kappa shape index (κ1) is 47.7. The van der Waals surface area contributed by atoms with Gasteiger partial charge in [0, 0.05) is 19.2 Å². The Hall–Kier alpha value is -4.71. The number of carbonyl (C=O) groups is 4. The van der Waals surface area contributed by atoms with E-state index in [0.717, 1.165) is 30.4 Å². The van der Waals surface area contributed by atoms with Gasteiger partial charge in [-0.25, -0.2) is 23.9 Å². The minimum atomic E-state index is -1.03. The second-order valence-electron chi connectivity index (χ2n) is 15.1. The van der Waals surface area contributed by atoms with Gasteiger partial charge in [0.2, 0.25) is 5.91 Å². The number of imidazole rings is 1. The minimum absolute atomic E-state index is 0.0424. The second kappa shape index (κ2) is 30.4. The van der Waals surface area contributed by atoms with Crippen LogP contribution in [0.3, 0.4) is 0 Å². The van der Waals surface area contributed by atoms with Gasteiger partial charge in [0.15, 0.2) is 0 Å². The summed E-state index contributed by atoms with van der Waals surface area (Å²) in [6.07, 6.45) is 23.2. The molecule has 3 rings (SSSR count). The van der Waals surface area contributed by atoms with E-state index in [-0.39, 0.29) is 26.2 Å². The molecule has 0 saturated carbocycles. The van der Waals surface area contributed by atoms with Crippen LogP contribution in [0.5, 0.6) is 0 Å². The lowest BCUT2D eigenvalue weighted by Gasteiger charge is -2.20. The number of rotatable bonds is 31. The van der Waals surface area contributed by atoms with Crippen LogP contribution in [-0.4, -0.2) is 58.8 Å². The Labute approximate surface area is 346 Å². The maximum atomic E-state index is 13.2. The monoisotopic (exact) mass is 804 g/mol. The molecule has 1 heterocycles. The predicted octanol–water partition coefficient (Wildman–Crippen LogP) is 9.32. The quantitative estimate of drug-likeness (QED) is 0.0327. The molecular formula is C46H69N5O7. The summed E-state index contributed by atoms with van der Waals surface area (Å²) in [5.74, 6) is -1.05. The molecular weight excluding hydrogens is 735 g/mol. The Bertz CT molecular complexity index is 1550. The molecule has 2 atom stereocenters. The summed E-state index contributed by atoms with van der Waals surface area (Å²) >= 11 is 0. The number of benzene rings is 2. The van der Waals surface area contributed by atoms with E-state index in [4.69, 9.17) is 19.9 Å². The molecule has 0 saturated heterocycles. The number of hydrogen-bond donors (Lipinski definition) is 3. The molecule has 0 aliphatic heterocycles. The molecule has 12 nitrogen and oxygen atoms in total. The third-order valence-electron chi connectivity index (χ3n) is 10.1.